The molecule has 0 unspecified atom stereocenters. The molecule has 0 spiro atoms. The van der Waals surface area contributed by atoms with Gasteiger partial charge in [-0.05, 0) is 12.1 Å². The van der Waals surface area contributed by atoms with Crippen LogP contribution in [-0.4, -0.2) is 17.4 Å². The Hall–Kier alpha value is -1.29. The lowest BCUT2D eigenvalue weighted by Gasteiger charge is -2.08. The third-order valence-electron chi connectivity index (χ3n) is 1.56. The minimum Gasteiger partial charge on any atom is -0.335 e. The number of thioether (sulfide) groups is 1. The molecule has 0 aromatic heterocycles. The van der Waals surface area contributed by atoms with Crippen LogP contribution in [0.3, 0.4) is 0 Å². The van der Waals surface area contributed by atoms with E-state index in [2.05, 4.69) is 15.3 Å². The fourth-order valence-corrected chi connectivity index (χ4v) is 1.55. The molecule has 0 bridgehead atoms. The first-order valence-electron chi connectivity index (χ1n) is 3.96. The average Bonchev–Trinajstić information content (AvgIpc) is 2.21. The van der Waals surface area contributed by atoms with Gasteiger partial charge in [-0.3, -0.25) is 4.99 Å². The van der Waals surface area contributed by atoms with E-state index in [1.54, 1.807) is 18.1 Å². The number of aliphatic imine (C=N–C) groups is 2. The number of amidine groups is 1. The number of hydrogen-bond donors (Lipinski definition) is 1. The maximum Gasteiger partial charge on any atom is 0.169 e. The van der Waals surface area contributed by atoms with E-state index >= 15 is 0 Å². The Labute approximate surface area is 81.0 Å². The molecule has 1 heterocycles. The van der Waals surface area contributed by atoms with Crippen LogP contribution in [-0.2, 0) is 0 Å². The van der Waals surface area contributed by atoms with Gasteiger partial charge in [0.05, 0.1) is 5.88 Å². The lowest BCUT2D eigenvalue weighted by atomic mass is 10.3. The summed E-state index contributed by atoms with van der Waals surface area (Å²) in [7, 11) is 0. The molecule has 0 saturated carbocycles. The summed E-state index contributed by atoms with van der Waals surface area (Å²) in [6.45, 7) is 0. The van der Waals surface area contributed by atoms with Gasteiger partial charge >= 0.3 is 0 Å². The van der Waals surface area contributed by atoms with Crippen molar-refractivity contribution in [3.63, 3.8) is 0 Å². The van der Waals surface area contributed by atoms with E-state index in [9.17, 15) is 0 Å². The number of nitrogens with one attached hydrogen (secondary N) is 1. The molecule has 2 rings (SSSR count). The van der Waals surface area contributed by atoms with Crippen molar-refractivity contribution in [2.45, 2.75) is 0 Å². The second kappa shape index (κ2) is 4.09. The van der Waals surface area contributed by atoms with Crippen molar-refractivity contribution in [1.29, 1.82) is 0 Å². The first-order valence-corrected chi connectivity index (χ1v) is 4.95. The van der Waals surface area contributed by atoms with E-state index < -0.39 is 0 Å². The maximum atomic E-state index is 4.10. The molecular formula is C9H9N3S. The first kappa shape index (κ1) is 8.31. The van der Waals surface area contributed by atoms with E-state index in [0.717, 1.165) is 16.7 Å². The maximum absolute atomic E-state index is 4.10. The van der Waals surface area contributed by atoms with Crippen molar-refractivity contribution in [1.82, 2.24) is 0 Å². The molecule has 0 saturated heterocycles. The van der Waals surface area contributed by atoms with Crippen LogP contribution < -0.4 is 5.32 Å². The fourth-order valence-electron chi connectivity index (χ4n) is 0.976. The molecule has 1 aromatic carbocycles. The molecule has 1 aliphatic rings. The number of hydrogen-bond acceptors (Lipinski definition) is 4. The summed E-state index contributed by atoms with van der Waals surface area (Å²) in [5.41, 5.74) is 1.06. The smallest absolute Gasteiger partial charge is 0.169 e. The Morgan fingerprint density at radius 3 is 2.77 bits per heavy atom. The lowest BCUT2D eigenvalue weighted by Crippen LogP contribution is -2.10. The van der Waals surface area contributed by atoms with Gasteiger partial charge in [0.2, 0.25) is 0 Å². The summed E-state index contributed by atoms with van der Waals surface area (Å²) in [6.07, 6.45) is 1.59. The normalized spacial score (nSPS) is 15.2. The molecule has 0 radical (unpaired) electrons. The topological polar surface area (TPSA) is 36.8 Å². The molecule has 3 nitrogen and oxygen atoms in total. The molecule has 4 heteroatoms. The van der Waals surface area contributed by atoms with Gasteiger partial charge in [0.1, 0.15) is 6.34 Å². The predicted octanol–water partition coefficient (Wildman–Crippen LogP) is 2.19. The molecule has 0 amide bonds. The van der Waals surface area contributed by atoms with E-state index in [4.69, 9.17) is 0 Å². The molecular weight excluding hydrogens is 182 g/mol. The van der Waals surface area contributed by atoms with Crippen LogP contribution in [0.2, 0.25) is 0 Å². The predicted molar refractivity (Wildman–Crippen MR) is 58.4 cm³/mol. The third kappa shape index (κ3) is 2.32. The Morgan fingerprint density at radius 1 is 1.23 bits per heavy atom. The highest BCUT2D eigenvalue weighted by molar-refractivity contribution is 8.14. The zero-order valence-electron chi connectivity index (χ0n) is 6.97. The van der Waals surface area contributed by atoms with Crippen LogP contribution in [0.15, 0.2) is 40.3 Å². The van der Waals surface area contributed by atoms with Crippen LogP contribution in [0.4, 0.5) is 5.69 Å². The number of benzene rings is 1. The number of rotatable bonds is 1. The number of para-hydroxylation sites is 1. The number of nitrogens with zero attached hydrogens (tertiary/aromatic N) is 2. The zero-order valence-corrected chi connectivity index (χ0v) is 7.79. The van der Waals surface area contributed by atoms with Crippen molar-refractivity contribution in [3.05, 3.63) is 30.3 Å². The summed E-state index contributed by atoms with van der Waals surface area (Å²) in [4.78, 5) is 8.08. The summed E-state index contributed by atoms with van der Waals surface area (Å²) in [5, 5.41) is 4.11. The fraction of sp³-hybridized carbons (Fsp3) is 0.111. The zero-order chi connectivity index (χ0) is 8.93. The van der Waals surface area contributed by atoms with Gasteiger partial charge in [-0.1, -0.05) is 30.0 Å². The van der Waals surface area contributed by atoms with Crippen LogP contribution in [0.1, 0.15) is 0 Å². The van der Waals surface area contributed by atoms with Crippen LogP contribution in [0, 0.1) is 0 Å². The quantitative estimate of drug-likeness (QED) is 0.738. The molecule has 0 aliphatic carbocycles. The van der Waals surface area contributed by atoms with Gasteiger partial charge in [-0.25, -0.2) is 4.99 Å². The Bertz CT molecular complexity index is 332. The highest BCUT2D eigenvalue weighted by atomic mass is 32.2. The van der Waals surface area contributed by atoms with Gasteiger partial charge in [-0.2, -0.15) is 0 Å². The second-order valence-electron chi connectivity index (χ2n) is 2.50. The Morgan fingerprint density at radius 2 is 2.08 bits per heavy atom. The van der Waals surface area contributed by atoms with Crippen molar-refractivity contribution in [2.75, 3.05) is 11.2 Å². The molecule has 1 aromatic rings. The number of anilines is 1. The minimum atomic E-state index is 0.749. The van der Waals surface area contributed by atoms with Crippen LogP contribution in [0.5, 0.6) is 0 Å². The molecule has 0 fully saturated rings. The van der Waals surface area contributed by atoms with Gasteiger partial charge in [0.25, 0.3) is 0 Å². The van der Waals surface area contributed by atoms with Gasteiger partial charge in [0, 0.05) is 5.69 Å². The first-order chi connectivity index (χ1) is 6.45. The van der Waals surface area contributed by atoms with Gasteiger partial charge in [0.15, 0.2) is 5.17 Å². The van der Waals surface area contributed by atoms with Gasteiger partial charge in [-0.15, -0.1) is 0 Å². The molecule has 1 aliphatic heterocycles. The average molecular weight is 191 g/mol. The minimum absolute atomic E-state index is 0.749. The Kier molecular flexibility index (Phi) is 2.62. The van der Waals surface area contributed by atoms with Crippen molar-refractivity contribution in [3.8, 4) is 0 Å². The van der Waals surface area contributed by atoms with E-state index in [-0.39, 0.29) is 0 Å². The second-order valence-corrected chi connectivity index (χ2v) is 3.43. The van der Waals surface area contributed by atoms with Crippen LogP contribution in [0.25, 0.3) is 0 Å². The summed E-state index contributed by atoms with van der Waals surface area (Å²) < 4.78 is 0. The Balaban J connectivity index is 2.06. The molecule has 0 atom stereocenters. The van der Waals surface area contributed by atoms with E-state index in [1.807, 2.05) is 30.3 Å². The van der Waals surface area contributed by atoms with E-state index in [0.29, 0.717) is 0 Å². The highest BCUT2D eigenvalue weighted by Gasteiger charge is 2.01. The molecule has 1 N–H and O–H groups in total. The largest absolute Gasteiger partial charge is 0.335 e. The molecule has 13 heavy (non-hydrogen) atoms. The van der Waals surface area contributed by atoms with Crippen molar-refractivity contribution < 1.29 is 0 Å². The lowest BCUT2D eigenvalue weighted by molar-refractivity contribution is 1.37. The summed E-state index contributed by atoms with van der Waals surface area (Å²) in [5.74, 6) is 0.749. The summed E-state index contributed by atoms with van der Waals surface area (Å²) >= 11 is 1.60. The summed E-state index contributed by atoms with van der Waals surface area (Å²) in [6, 6.07) is 9.99. The highest BCUT2D eigenvalue weighted by Crippen LogP contribution is 2.12. The monoisotopic (exact) mass is 191 g/mol. The molecule has 66 valence electrons. The van der Waals surface area contributed by atoms with Crippen molar-refractivity contribution in [2.24, 2.45) is 9.98 Å². The van der Waals surface area contributed by atoms with Gasteiger partial charge < -0.3 is 5.32 Å². The van der Waals surface area contributed by atoms with Crippen LogP contribution >= 0.6 is 11.8 Å². The standard InChI is InChI=1S/C9H9N3S/c1-2-4-8(5-3-1)12-9-11-6-10-7-13-9/h1-6H,7H2,(H,10,11,12). The third-order valence-corrected chi connectivity index (χ3v) is 2.32. The van der Waals surface area contributed by atoms with E-state index in [1.165, 1.54) is 0 Å². The SMILES string of the molecule is C1=NCSC(Nc2ccccc2)=N1. The van der Waals surface area contributed by atoms with Crippen molar-refractivity contribution >= 4 is 29.0 Å².